The first kappa shape index (κ1) is 20.6. The van der Waals surface area contributed by atoms with Crippen LogP contribution in [0, 0.1) is 11.6 Å². The summed E-state index contributed by atoms with van der Waals surface area (Å²) < 4.78 is 34.5. The van der Waals surface area contributed by atoms with Gasteiger partial charge in [0.2, 0.25) is 0 Å². The van der Waals surface area contributed by atoms with Gasteiger partial charge in [-0.3, -0.25) is 4.79 Å². The average Bonchev–Trinajstić information content (AvgIpc) is 2.74. The normalized spacial score (nSPS) is 10.4. The predicted molar refractivity (Wildman–Crippen MR) is 111 cm³/mol. The number of amides is 1. The van der Waals surface area contributed by atoms with E-state index in [1.54, 1.807) is 19.2 Å². The fourth-order valence-corrected chi connectivity index (χ4v) is 3.19. The van der Waals surface area contributed by atoms with Crippen LogP contribution in [0.5, 0.6) is 5.75 Å². The maximum absolute atomic E-state index is 13.3. The van der Waals surface area contributed by atoms with Crippen molar-refractivity contribution in [3.05, 3.63) is 83.6 Å². The Morgan fingerprint density at radius 3 is 2.59 bits per heavy atom. The van der Waals surface area contributed by atoms with E-state index in [1.807, 2.05) is 24.3 Å². The van der Waals surface area contributed by atoms with Crippen molar-refractivity contribution in [2.75, 3.05) is 22.9 Å². The molecule has 150 valence electrons. The average molecular weight is 415 g/mol. The van der Waals surface area contributed by atoms with Crippen LogP contribution in [0.15, 0.2) is 60.8 Å². The molecule has 3 aromatic rings. The Morgan fingerprint density at radius 2 is 1.86 bits per heavy atom. The molecule has 29 heavy (non-hydrogen) atoms. The lowest BCUT2D eigenvalue weighted by Crippen LogP contribution is -2.12. The minimum absolute atomic E-state index is 0.175. The van der Waals surface area contributed by atoms with Crippen LogP contribution in [0.1, 0.15) is 15.9 Å². The van der Waals surface area contributed by atoms with Crippen LogP contribution in [0.3, 0.4) is 0 Å². The molecule has 0 saturated carbocycles. The van der Waals surface area contributed by atoms with Gasteiger partial charge in [-0.05, 0) is 48.4 Å². The number of nitrogens with zero attached hydrogens (tertiary/aromatic N) is 1. The van der Waals surface area contributed by atoms with Gasteiger partial charge in [0.15, 0.2) is 11.6 Å². The Hall–Kier alpha value is -3.13. The largest absolute Gasteiger partial charge is 0.497 e. The van der Waals surface area contributed by atoms with Crippen LogP contribution in [0.2, 0.25) is 0 Å². The van der Waals surface area contributed by atoms with Gasteiger partial charge in [0.05, 0.1) is 7.11 Å². The molecule has 0 saturated heterocycles. The van der Waals surface area contributed by atoms with Gasteiger partial charge in [-0.2, -0.15) is 0 Å². The van der Waals surface area contributed by atoms with Gasteiger partial charge in [-0.25, -0.2) is 13.8 Å². The van der Waals surface area contributed by atoms with E-state index < -0.39 is 17.5 Å². The number of hydrogen-bond acceptors (Lipinski definition) is 5. The number of pyridine rings is 1. The summed E-state index contributed by atoms with van der Waals surface area (Å²) >= 11 is 1.47. The van der Waals surface area contributed by atoms with Gasteiger partial charge >= 0.3 is 0 Å². The summed E-state index contributed by atoms with van der Waals surface area (Å²) in [6, 6.07) is 14.2. The van der Waals surface area contributed by atoms with E-state index in [9.17, 15) is 13.6 Å². The van der Waals surface area contributed by atoms with E-state index >= 15 is 0 Å². The highest BCUT2D eigenvalue weighted by Gasteiger charge is 2.09. The van der Waals surface area contributed by atoms with Gasteiger partial charge in [-0.15, -0.1) is 0 Å². The summed E-state index contributed by atoms with van der Waals surface area (Å²) in [4.78, 5) is 16.5. The molecule has 0 fully saturated rings. The molecule has 1 heterocycles. The molecular formula is C21H19F2N3O2S. The summed E-state index contributed by atoms with van der Waals surface area (Å²) in [5, 5.41) is 2.53. The number of aryl methyl sites for hydroxylation is 1. The zero-order valence-electron chi connectivity index (χ0n) is 15.6. The first-order valence-electron chi connectivity index (χ1n) is 8.78. The van der Waals surface area contributed by atoms with Crippen molar-refractivity contribution in [3.63, 3.8) is 0 Å². The maximum Gasteiger partial charge on any atom is 0.255 e. The molecule has 3 rings (SSSR count). The van der Waals surface area contributed by atoms with Gasteiger partial charge in [-0.1, -0.05) is 24.1 Å². The Bertz CT molecular complexity index is 984. The lowest BCUT2D eigenvalue weighted by molar-refractivity contribution is 0.102. The standard InChI is InChI=1S/C21H19F2N3O2S/c1-28-17-5-2-14(3-6-17)9-11-29-26-20-12-15(8-10-24-20)21(27)25-16-4-7-18(22)19(23)13-16/h2-8,10,12-13H,9,11H2,1H3,(H,24,26)(H,25,27). The third kappa shape index (κ3) is 5.92. The summed E-state index contributed by atoms with van der Waals surface area (Å²) in [6.07, 6.45) is 2.37. The van der Waals surface area contributed by atoms with Crippen molar-refractivity contribution in [1.82, 2.24) is 4.98 Å². The van der Waals surface area contributed by atoms with E-state index in [0.717, 1.165) is 30.1 Å². The fraction of sp³-hybridized carbons (Fsp3) is 0.143. The van der Waals surface area contributed by atoms with E-state index in [4.69, 9.17) is 4.74 Å². The molecule has 0 aliphatic carbocycles. The molecule has 0 bridgehead atoms. The highest BCUT2D eigenvalue weighted by Crippen LogP contribution is 2.17. The summed E-state index contributed by atoms with van der Waals surface area (Å²) in [7, 11) is 1.63. The van der Waals surface area contributed by atoms with Gasteiger partial charge in [0.25, 0.3) is 5.91 Å². The molecule has 2 N–H and O–H groups in total. The zero-order valence-corrected chi connectivity index (χ0v) is 16.4. The zero-order chi connectivity index (χ0) is 20.6. The lowest BCUT2D eigenvalue weighted by atomic mass is 10.2. The number of benzene rings is 2. The molecule has 8 heteroatoms. The second kappa shape index (κ2) is 9.88. The molecular weight excluding hydrogens is 396 g/mol. The number of anilines is 2. The van der Waals surface area contributed by atoms with Gasteiger partial charge < -0.3 is 14.8 Å². The van der Waals surface area contributed by atoms with Crippen LogP contribution in [0.4, 0.5) is 20.3 Å². The van der Waals surface area contributed by atoms with Crippen molar-refractivity contribution in [1.29, 1.82) is 0 Å². The number of ether oxygens (including phenoxy) is 1. The monoisotopic (exact) mass is 415 g/mol. The molecule has 0 atom stereocenters. The molecule has 0 radical (unpaired) electrons. The third-order valence-corrected chi connectivity index (χ3v) is 4.79. The third-order valence-electron chi connectivity index (χ3n) is 4.03. The van der Waals surface area contributed by atoms with Crippen LogP contribution < -0.4 is 14.8 Å². The number of halogens is 2. The number of carbonyl (C=O) groups excluding carboxylic acids is 1. The van der Waals surface area contributed by atoms with Crippen molar-refractivity contribution < 1.29 is 18.3 Å². The molecule has 1 aromatic heterocycles. The minimum atomic E-state index is -1.02. The van der Waals surface area contributed by atoms with E-state index in [2.05, 4.69) is 15.0 Å². The van der Waals surface area contributed by atoms with Crippen molar-refractivity contribution in [3.8, 4) is 5.75 Å². The van der Waals surface area contributed by atoms with Gasteiger partial charge in [0, 0.05) is 29.3 Å². The number of methoxy groups -OCH3 is 1. The first-order valence-corrected chi connectivity index (χ1v) is 9.77. The van der Waals surface area contributed by atoms with Crippen LogP contribution >= 0.6 is 11.9 Å². The molecule has 0 aliphatic heterocycles. The van der Waals surface area contributed by atoms with E-state index in [-0.39, 0.29) is 5.69 Å². The molecule has 0 unspecified atom stereocenters. The van der Waals surface area contributed by atoms with Crippen LogP contribution in [-0.4, -0.2) is 23.8 Å². The molecule has 2 aromatic carbocycles. The highest BCUT2D eigenvalue weighted by molar-refractivity contribution is 8.00. The number of nitrogens with one attached hydrogen (secondary N) is 2. The van der Waals surface area contributed by atoms with Crippen molar-refractivity contribution in [2.45, 2.75) is 6.42 Å². The SMILES string of the molecule is COc1ccc(CCSNc2cc(C(=O)Nc3ccc(F)c(F)c3)ccn2)cc1. The quantitative estimate of drug-likeness (QED) is 0.404. The van der Waals surface area contributed by atoms with Crippen LogP contribution in [-0.2, 0) is 6.42 Å². The Balaban J connectivity index is 1.51. The Kier molecular flexibility index (Phi) is 7.02. The predicted octanol–water partition coefficient (Wildman–Crippen LogP) is 4.92. The molecule has 1 amide bonds. The van der Waals surface area contributed by atoms with E-state index in [1.165, 1.54) is 29.8 Å². The number of rotatable bonds is 8. The van der Waals surface area contributed by atoms with E-state index in [0.29, 0.717) is 11.4 Å². The number of hydrogen-bond donors (Lipinski definition) is 2. The maximum atomic E-state index is 13.3. The summed E-state index contributed by atoms with van der Waals surface area (Å²) in [5.41, 5.74) is 1.71. The second-order valence-electron chi connectivity index (χ2n) is 6.06. The number of aromatic nitrogens is 1. The molecule has 0 spiro atoms. The smallest absolute Gasteiger partial charge is 0.255 e. The Morgan fingerprint density at radius 1 is 1.07 bits per heavy atom. The topological polar surface area (TPSA) is 63.2 Å². The fourth-order valence-electron chi connectivity index (χ4n) is 2.49. The minimum Gasteiger partial charge on any atom is -0.497 e. The summed E-state index contributed by atoms with van der Waals surface area (Å²) in [6.45, 7) is 0. The molecule has 0 aliphatic rings. The lowest BCUT2D eigenvalue weighted by Gasteiger charge is -2.08. The van der Waals surface area contributed by atoms with Crippen molar-refractivity contribution in [2.24, 2.45) is 0 Å². The summed E-state index contributed by atoms with van der Waals surface area (Å²) in [5.74, 6) is -0.271. The second-order valence-corrected chi connectivity index (χ2v) is 6.96. The van der Waals surface area contributed by atoms with Crippen molar-refractivity contribution >= 4 is 29.4 Å². The number of carbonyl (C=O) groups is 1. The van der Waals surface area contributed by atoms with Gasteiger partial charge in [0.1, 0.15) is 11.6 Å². The van der Waals surface area contributed by atoms with Crippen LogP contribution in [0.25, 0.3) is 0 Å². The molecule has 5 nitrogen and oxygen atoms in total. The first-order chi connectivity index (χ1) is 14.0. The highest BCUT2D eigenvalue weighted by atomic mass is 32.2. The Labute approximate surface area is 171 Å².